The highest BCUT2D eigenvalue weighted by molar-refractivity contribution is 5.39. The number of rotatable bonds is 8. The predicted octanol–water partition coefficient (Wildman–Crippen LogP) is 0.911. The lowest BCUT2D eigenvalue weighted by molar-refractivity contribution is 0.185. The molecule has 0 atom stereocenters. The number of ether oxygens (including phenoxy) is 2. The minimum atomic E-state index is 0.679. The lowest BCUT2D eigenvalue weighted by atomic mass is 10.3. The number of hydrogen-bond acceptors (Lipinski definition) is 5. The Kier molecular flexibility index (Phi) is 6.79. The van der Waals surface area contributed by atoms with E-state index in [1.165, 1.54) is 0 Å². The molecule has 1 aliphatic rings. The Morgan fingerprint density at radius 3 is 2.57 bits per heavy atom. The maximum atomic E-state index is 5.80. The zero-order valence-electron chi connectivity index (χ0n) is 13.2. The zero-order chi connectivity index (χ0) is 14.9. The Balaban J connectivity index is 1.63. The summed E-state index contributed by atoms with van der Waals surface area (Å²) < 4.78 is 11.1. The standard InChI is InChI=1S/C16H27N3O2/c1-18(11-12-19-9-7-17-8-10-19)13-14-21-16-6-4-3-5-15(16)20-2/h3-6,17H,7-14H2,1-2H3. The molecule has 0 radical (unpaired) electrons. The average molecular weight is 293 g/mol. The molecule has 1 N–H and O–H groups in total. The van der Waals surface area contributed by atoms with Gasteiger partial charge in [-0.3, -0.25) is 4.90 Å². The van der Waals surface area contributed by atoms with Crippen LogP contribution in [0.4, 0.5) is 0 Å². The van der Waals surface area contributed by atoms with Crippen molar-refractivity contribution in [2.75, 3.05) is 66.6 Å². The second-order valence-corrected chi connectivity index (χ2v) is 5.39. The Morgan fingerprint density at radius 2 is 1.86 bits per heavy atom. The molecule has 1 saturated heterocycles. The van der Waals surface area contributed by atoms with Gasteiger partial charge in [0, 0.05) is 45.8 Å². The summed E-state index contributed by atoms with van der Waals surface area (Å²) >= 11 is 0. The van der Waals surface area contributed by atoms with Gasteiger partial charge < -0.3 is 19.7 Å². The molecule has 1 fully saturated rings. The van der Waals surface area contributed by atoms with Crippen molar-refractivity contribution in [1.29, 1.82) is 0 Å². The van der Waals surface area contributed by atoms with Crippen molar-refractivity contribution < 1.29 is 9.47 Å². The van der Waals surface area contributed by atoms with Gasteiger partial charge in [-0.15, -0.1) is 0 Å². The van der Waals surface area contributed by atoms with Gasteiger partial charge in [0.1, 0.15) is 6.61 Å². The van der Waals surface area contributed by atoms with E-state index in [1.807, 2.05) is 24.3 Å². The van der Waals surface area contributed by atoms with Crippen molar-refractivity contribution in [1.82, 2.24) is 15.1 Å². The Hall–Kier alpha value is -1.30. The van der Waals surface area contributed by atoms with Gasteiger partial charge >= 0.3 is 0 Å². The molecular weight excluding hydrogens is 266 g/mol. The number of methoxy groups -OCH3 is 1. The molecular formula is C16H27N3O2. The molecule has 5 nitrogen and oxygen atoms in total. The highest BCUT2D eigenvalue weighted by Crippen LogP contribution is 2.25. The van der Waals surface area contributed by atoms with E-state index >= 15 is 0 Å². The van der Waals surface area contributed by atoms with Gasteiger partial charge in [0.25, 0.3) is 0 Å². The number of benzene rings is 1. The van der Waals surface area contributed by atoms with E-state index in [-0.39, 0.29) is 0 Å². The van der Waals surface area contributed by atoms with E-state index < -0.39 is 0 Å². The Bertz CT molecular complexity index is 408. The maximum absolute atomic E-state index is 5.80. The minimum absolute atomic E-state index is 0.679. The van der Waals surface area contributed by atoms with Gasteiger partial charge in [0.15, 0.2) is 11.5 Å². The largest absolute Gasteiger partial charge is 0.493 e. The second kappa shape index (κ2) is 8.87. The van der Waals surface area contributed by atoms with Gasteiger partial charge in [-0.1, -0.05) is 12.1 Å². The van der Waals surface area contributed by atoms with Crippen LogP contribution in [-0.2, 0) is 0 Å². The lowest BCUT2D eigenvalue weighted by Gasteiger charge is -2.29. The van der Waals surface area contributed by atoms with Gasteiger partial charge in [0.05, 0.1) is 7.11 Å². The summed E-state index contributed by atoms with van der Waals surface area (Å²) in [6, 6.07) is 7.78. The maximum Gasteiger partial charge on any atom is 0.161 e. The summed E-state index contributed by atoms with van der Waals surface area (Å²) in [7, 11) is 3.82. The van der Waals surface area contributed by atoms with Crippen LogP contribution in [0.1, 0.15) is 0 Å². The van der Waals surface area contributed by atoms with Crippen molar-refractivity contribution in [3.8, 4) is 11.5 Å². The van der Waals surface area contributed by atoms with E-state index in [4.69, 9.17) is 9.47 Å². The number of piperazine rings is 1. The number of para-hydroxylation sites is 2. The summed E-state index contributed by atoms with van der Waals surface area (Å²) in [6.45, 7) is 8.35. The minimum Gasteiger partial charge on any atom is -0.493 e. The van der Waals surface area contributed by atoms with Gasteiger partial charge in [-0.2, -0.15) is 0 Å². The van der Waals surface area contributed by atoms with E-state index in [0.29, 0.717) is 6.61 Å². The molecule has 5 heteroatoms. The van der Waals surface area contributed by atoms with Gasteiger partial charge in [0.2, 0.25) is 0 Å². The van der Waals surface area contributed by atoms with Crippen LogP contribution in [0, 0.1) is 0 Å². The van der Waals surface area contributed by atoms with Crippen molar-refractivity contribution in [3.05, 3.63) is 24.3 Å². The number of hydrogen-bond donors (Lipinski definition) is 1. The van der Waals surface area contributed by atoms with Crippen LogP contribution in [0.5, 0.6) is 11.5 Å². The van der Waals surface area contributed by atoms with Crippen molar-refractivity contribution in [2.24, 2.45) is 0 Å². The van der Waals surface area contributed by atoms with Crippen LogP contribution >= 0.6 is 0 Å². The highest BCUT2D eigenvalue weighted by Gasteiger charge is 2.10. The van der Waals surface area contributed by atoms with Crippen LogP contribution in [0.25, 0.3) is 0 Å². The van der Waals surface area contributed by atoms with Crippen molar-refractivity contribution in [3.63, 3.8) is 0 Å². The van der Waals surface area contributed by atoms with E-state index in [1.54, 1.807) is 7.11 Å². The first-order chi connectivity index (χ1) is 10.3. The quantitative estimate of drug-likeness (QED) is 0.771. The first-order valence-corrected chi connectivity index (χ1v) is 7.67. The fourth-order valence-corrected chi connectivity index (χ4v) is 2.41. The summed E-state index contributed by atoms with van der Waals surface area (Å²) in [6.07, 6.45) is 0. The lowest BCUT2D eigenvalue weighted by Crippen LogP contribution is -2.46. The van der Waals surface area contributed by atoms with Crippen LogP contribution in [-0.4, -0.2) is 76.4 Å². The molecule has 1 aliphatic heterocycles. The third-order valence-electron chi connectivity index (χ3n) is 3.81. The first-order valence-electron chi connectivity index (χ1n) is 7.67. The number of nitrogens with zero attached hydrogens (tertiary/aromatic N) is 2. The summed E-state index contributed by atoms with van der Waals surface area (Å²) in [5, 5.41) is 3.38. The average Bonchev–Trinajstić information content (AvgIpc) is 2.54. The zero-order valence-corrected chi connectivity index (χ0v) is 13.2. The molecule has 0 aliphatic carbocycles. The summed E-state index contributed by atoms with van der Waals surface area (Å²) in [5.74, 6) is 1.61. The summed E-state index contributed by atoms with van der Waals surface area (Å²) in [5.41, 5.74) is 0. The molecule has 0 bridgehead atoms. The van der Waals surface area contributed by atoms with Crippen LogP contribution in [0.15, 0.2) is 24.3 Å². The fraction of sp³-hybridized carbons (Fsp3) is 0.625. The number of likely N-dealkylation sites (N-methyl/N-ethyl adjacent to an activating group) is 1. The van der Waals surface area contributed by atoms with Crippen LogP contribution in [0.3, 0.4) is 0 Å². The molecule has 0 aromatic heterocycles. The third-order valence-corrected chi connectivity index (χ3v) is 3.81. The van der Waals surface area contributed by atoms with Gasteiger partial charge in [-0.05, 0) is 19.2 Å². The molecule has 0 amide bonds. The SMILES string of the molecule is COc1ccccc1OCCN(C)CCN1CCNCC1. The molecule has 118 valence electrons. The molecule has 1 aromatic rings. The monoisotopic (exact) mass is 293 g/mol. The number of nitrogens with one attached hydrogen (secondary N) is 1. The normalized spacial score (nSPS) is 16.1. The molecule has 0 unspecified atom stereocenters. The van der Waals surface area contributed by atoms with E-state index in [9.17, 15) is 0 Å². The van der Waals surface area contributed by atoms with E-state index in [0.717, 1.165) is 57.3 Å². The van der Waals surface area contributed by atoms with Crippen molar-refractivity contribution >= 4 is 0 Å². The predicted molar refractivity (Wildman–Crippen MR) is 85.3 cm³/mol. The second-order valence-electron chi connectivity index (χ2n) is 5.39. The van der Waals surface area contributed by atoms with Gasteiger partial charge in [-0.25, -0.2) is 0 Å². The molecule has 0 saturated carbocycles. The first kappa shape index (κ1) is 16.1. The van der Waals surface area contributed by atoms with E-state index in [2.05, 4.69) is 22.2 Å². The molecule has 21 heavy (non-hydrogen) atoms. The molecule has 0 spiro atoms. The topological polar surface area (TPSA) is 37.0 Å². The van der Waals surface area contributed by atoms with Crippen LogP contribution in [0.2, 0.25) is 0 Å². The highest BCUT2D eigenvalue weighted by atomic mass is 16.5. The van der Waals surface area contributed by atoms with Crippen molar-refractivity contribution in [2.45, 2.75) is 0 Å². The fourth-order valence-electron chi connectivity index (χ4n) is 2.41. The molecule has 2 rings (SSSR count). The Morgan fingerprint density at radius 1 is 1.14 bits per heavy atom. The molecule has 1 aromatic carbocycles. The smallest absolute Gasteiger partial charge is 0.161 e. The molecule has 1 heterocycles. The van der Waals surface area contributed by atoms with Crippen LogP contribution < -0.4 is 14.8 Å². The third kappa shape index (κ3) is 5.53. The summed E-state index contributed by atoms with van der Waals surface area (Å²) in [4.78, 5) is 4.82. The Labute approximate surface area is 127 Å².